The third-order valence-electron chi connectivity index (χ3n) is 4.30. The van der Waals surface area contributed by atoms with Gasteiger partial charge in [-0.05, 0) is 17.7 Å². The van der Waals surface area contributed by atoms with E-state index in [1.165, 1.54) is 14.2 Å². The van der Waals surface area contributed by atoms with E-state index in [0.717, 1.165) is 0 Å². The lowest BCUT2D eigenvalue weighted by molar-refractivity contribution is -0.255. The second-order valence-electron chi connectivity index (χ2n) is 5.85. The first-order valence-corrected chi connectivity index (χ1v) is 8.09. The van der Waals surface area contributed by atoms with Crippen molar-refractivity contribution in [2.45, 2.75) is 24.7 Å². The van der Waals surface area contributed by atoms with Crippen molar-refractivity contribution >= 4 is 23.4 Å². The molecular weight excluding hydrogens is 391 g/mol. The van der Waals surface area contributed by atoms with Gasteiger partial charge in [0.25, 0.3) is 0 Å². The van der Waals surface area contributed by atoms with Crippen molar-refractivity contribution in [3.63, 3.8) is 0 Å². The smallest absolute Gasteiger partial charge is 0.410 e. The standard InChI is InChI=1S/C16H15ClF3N3O4/c1-26-9-4-3-7(5-10(9)27-2)8-6-11(16(18,19)20)23-14(21-8)12(17)13(22-23)15(24)25/h3-5,8,11,21H,6H2,1-2H3,(H,24,25)/p-1/t8-,11-/m0/s1. The summed E-state index contributed by atoms with van der Waals surface area (Å²) in [6.07, 6.45) is -5.08. The molecule has 0 aliphatic carbocycles. The second-order valence-corrected chi connectivity index (χ2v) is 6.23. The van der Waals surface area contributed by atoms with Gasteiger partial charge in [0.05, 0.1) is 26.2 Å². The molecule has 0 saturated heterocycles. The maximum Gasteiger partial charge on any atom is 0.410 e. The first-order chi connectivity index (χ1) is 12.7. The average molecular weight is 405 g/mol. The minimum Gasteiger partial charge on any atom is -0.543 e. The zero-order valence-electron chi connectivity index (χ0n) is 14.1. The van der Waals surface area contributed by atoms with Crippen LogP contribution in [0.25, 0.3) is 0 Å². The average Bonchev–Trinajstić information content (AvgIpc) is 2.96. The maximum atomic E-state index is 13.6. The number of ether oxygens (including phenoxy) is 2. The summed E-state index contributed by atoms with van der Waals surface area (Å²) in [6, 6.07) is 1.83. The lowest BCUT2D eigenvalue weighted by Crippen LogP contribution is -2.36. The monoisotopic (exact) mass is 404 g/mol. The van der Waals surface area contributed by atoms with Crippen LogP contribution in [-0.4, -0.2) is 36.1 Å². The molecule has 27 heavy (non-hydrogen) atoms. The van der Waals surface area contributed by atoms with E-state index in [1.807, 2.05) is 0 Å². The Hall–Kier alpha value is -2.62. The number of fused-ring (bicyclic) bond motifs is 1. The maximum absolute atomic E-state index is 13.6. The number of halogens is 4. The molecule has 2 heterocycles. The molecule has 7 nitrogen and oxygen atoms in total. The Labute approximate surface area is 156 Å². The van der Waals surface area contributed by atoms with Crippen LogP contribution in [0, 0.1) is 0 Å². The van der Waals surface area contributed by atoms with Gasteiger partial charge >= 0.3 is 6.18 Å². The minimum atomic E-state index is -4.66. The summed E-state index contributed by atoms with van der Waals surface area (Å²) in [5.74, 6) is -1.22. The highest BCUT2D eigenvalue weighted by Crippen LogP contribution is 2.46. The Bertz CT molecular complexity index is 885. The van der Waals surface area contributed by atoms with Gasteiger partial charge < -0.3 is 24.7 Å². The SMILES string of the molecule is COc1ccc([C@@H]2C[C@@H](C(F)(F)F)n3nc(C(=O)[O-])c(Cl)c3N2)cc1OC. The van der Waals surface area contributed by atoms with Gasteiger partial charge in [-0.25, -0.2) is 4.68 Å². The van der Waals surface area contributed by atoms with Crippen molar-refractivity contribution in [1.82, 2.24) is 9.78 Å². The highest BCUT2D eigenvalue weighted by atomic mass is 35.5. The second kappa shape index (κ2) is 6.84. The zero-order valence-corrected chi connectivity index (χ0v) is 14.9. The van der Waals surface area contributed by atoms with E-state index < -0.39 is 41.4 Å². The van der Waals surface area contributed by atoms with Crippen LogP contribution >= 0.6 is 11.6 Å². The van der Waals surface area contributed by atoms with Crippen LogP contribution in [0.15, 0.2) is 18.2 Å². The number of aromatic nitrogens is 2. The van der Waals surface area contributed by atoms with Gasteiger partial charge in [-0.15, -0.1) is 0 Å². The highest BCUT2D eigenvalue weighted by Gasteiger charge is 2.47. The molecule has 1 aromatic heterocycles. The predicted molar refractivity (Wildman–Crippen MR) is 87.2 cm³/mol. The lowest BCUT2D eigenvalue weighted by Gasteiger charge is -2.33. The number of benzene rings is 1. The van der Waals surface area contributed by atoms with Gasteiger partial charge in [0, 0.05) is 6.42 Å². The van der Waals surface area contributed by atoms with E-state index in [-0.39, 0.29) is 5.82 Å². The van der Waals surface area contributed by atoms with Crippen LogP contribution in [0.1, 0.15) is 34.6 Å². The van der Waals surface area contributed by atoms with Crippen LogP contribution in [0.5, 0.6) is 11.5 Å². The van der Waals surface area contributed by atoms with E-state index in [4.69, 9.17) is 21.1 Å². The summed E-state index contributed by atoms with van der Waals surface area (Å²) in [6.45, 7) is 0. The third-order valence-corrected chi connectivity index (χ3v) is 4.66. The number of nitrogens with one attached hydrogen (secondary N) is 1. The first-order valence-electron chi connectivity index (χ1n) is 7.71. The zero-order chi connectivity index (χ0) is 19.9. The summed E-state index contributed by atoms with van der Waals surface area (Å²) in [5.41, 5.74) is -0.262. The Morgan fingerprint density at radius 1 is 1.33 bits per heavy atom. The van der Waals surface area contributed by atoms with E-state index in [2.05, 4.69) is 10.4 Å². The number of carboxylic acid groups (broad SMARTS) is 1. The van der Waals surface area contributed by atoms with Crippen molar-refractivity contribution in [3.05, 3.63) is 34.5 Å². The molecule has 1 aliphatic heterocycles. The number of rotatable bonds is 4. The van der Waals surface area contributed by atoms with E-state index in [1.54, 1.807) is 18.2 Å². The van der Waals surface area contributed by atoms with Gasteiger partial charge in [0.15, 0.2) is 17.5 Å². The van der Waals surface area contributed by atoms with Gasteiger partial charge in [-0.1, -0.05) is 17.7 Å². The van der Waals surface area contributed by atoms with Gasteiger partial charge in [-0.3, -0.25) is 0 Å². The number of anilines is 1. The fraction of sp³-hybridized carbons (Fsp3) is 0.375. The number of methoxy groups -OCH3 is 2. The predicted octanol–water partition coefficient (Wildman–Crippen LogP) is 2.58. The van der Waals surface area contributed by atoms with E-state index >= 15 is 0 Å². The quantitative estimate of drug-likeness (QED) is 0.842. The number of carboxylic acids is 1. The van der Waals surface area contributed by atoms with Crippen LogP contribution in [0.2, 0.25) is 5.02 Å². The number of hydrogen-bond acceptors (Lipinski definition) is 6. The molecule has 146 valence electrons. The topological polar surface area (TPSA) is 88.4 Å². The molecule has 2 atom stereocenters. The summed E-state index contributed by atoms with van der Waals surface area (Å²) in [7, 11) is 2.85. The molecule has 0 amide bonds. The Kier molecular flexibility index (Phi) is 4.85. The molecule has 11 heteroatoms. The molecule has 3 rings (SSSR count). The van der Waals surface area contributed by atoms with Crippen LogP contribution in [0.3, 0.4) is 0 Å². The molecule has 0 unspecified atom stereocenters. The molecule has 0 saturated carbocycles. The van der Waals surface area contributed by atoms with Crippen molar-refractivity contribution < 1.29 is 32.5 Å². The van der Waals surface area contributed by atoms with Crippen LogP contribution in [-0.2, 0) is 0 Å². The number of aromatic carboxylic acids is 1. The van der Waals surface area contributed by atoms with Crippen LogP contribution in [0.4, 0.5) is 19.0 Å². The third kappa shape index (κ3) is 3.36. The molecule has 2 aromatic rings. The Morgan fingerprint density at radius 3 is 2.56 bits per heavy atom. The molecule has 0 fully saturated rings. The fourth-order valence-electron chi connectivity index (χ4n) is 3.01. The summed E-state index contributed by atoms with van der Waals surface area (Å²) < 4.78 is 51.6. The fourth-order valence-corrected chi connectivity index (χ4v) is 3.26. The van der Waals surface area contributed by atoms with Crippen molar-refractivity contribution in [2.75, 3.05) is 19.5 Å². The summed E-state index contributed by atoms with van der Waals surface area (Å²) in [5, 5.41) is 17.0. The molecule has 0 radical (unpaired) electrons. The van der Waals surface area contributed by atoms with E-state index in [0.29, 0.717) is 21.7 Å². The Balaban J connectivity index is 2.07. The lowest BCUT2D eigenvalue weighted by atomic mass is 9.96. The Morgan fingerprint density at radius 2 is 2.00 bits per heavy atom. The largest absolute Gasteiger partial charge is 0.543 e. The van der Waals surface area contributed by atoms with Gasteiger partial charge in [0.2, 0.25) is 0 Å². The molecule has 0 bridgehead atoms. The van der Waals surface area contributed by atoms with Crippen molar-refractivity contribution in [1.29, 1.82) is 0 Å². The summed E-state index contributed by atoms with van der Waals surface area (Å²) >= 11 is 5.93. The van der Waals surface area contributed by atoms with Crippen molar-refractivity contribution in [3.8, 4) is 11.5 Å². The molecule has 1 aliphatic rings. The number of nitrogens with zero attached hydrogens (tertiary/aromatic N) is 2. The highest BCUT2D eigenvalue weighted by molar-refractivity contribution is 6.35. The van der Waals surface area contributed by atoms with E-state index in [9.17, 15) is 23.1 Å². The molecular formula is C16H14ClF3N3O4-. The molecule has 1 N–H and O–H groups in total. The minimum absolute atomic E-state index is 0.232. The number of carbonyl (C=O) groups is 1. The van der Waals surface area contributed by atoms with Crippen LogP contribution < -0.4 is 19.9 Å². The summed E-state index contributed by atoms with van der Waals surface area (Å²) in [4.78, 5) is 11.1. The van der Waals surface area contributed by atoms with Gasteiger partial charge in [-0.2, -0.15) is 18.3 Å². The molecule has 0 spiro atoms. The number of alkyl halides is 3. The van der Waals surface area contributed by atoms with Crippen molar-refractivity contribution in [2.24, 2.45) is 0 Å². The first kappa shape index (κ1) is 19.2. The number of carbonyl (C=O) groups excluding carboxylic acids is 1. The molecule has 1 aromatic carbocycles. The van der Waals surface area contributed by atoms with Gasteiger partial charge in [0.1, 0.15) is 16.5 Å². The normalized spacial score (nSPS) is 19.2. The number of hydrogen-bond donors (Lipinski definition) is 1.